The molecule has 0 radical (unpaired) electrons. The third kappa shape index (κ3) is 5.73. The van der Waals surface area contributed by atoms with Gasteiger partial charge in [-0.2, -0.15) is 13.2 Å². The van der Waals surface area contributed by atoms with Gasteiger partial charge in [0.05, 0.1) is 6.61 Å². The lowest BCUT2D eigenvalue weighted by atomic mass is 10.1. The number of carbonyl (C=O) groups excluding carboxylic acids is 1. The summed E-state index contributed by atoms with van der Waals surface area (Å²) in [6.45, 7) is -0.597. The average Bonchev–Trinajstić information content (AvgIpc) is 3.10. The molecule has 1 amide bonds. The van der Waals surface area contributed by atoms with Crippen molar-refractivity contribution >= 4 is 12.0 Å². The summed E-state index contributed by atoms with van der Waals surface area (Å²) in [5.41, 5.74) is 2.58. The van der Waals surface area contributed by atoms with Crippen LogP contribution in [0.1, 0.15) is 16.7 Å². The molecule has 0 saturated carbocycles. The first-order valence-corrected chi connectivity index (χ1v) is 8.25. The predicted octanol–water partition coefficient (Wildman–Crippen LogP) is 3.29. The molecule has 1 aromatic heterocycles. The monoisotopic (exact) mass is 378 g/mol. The van der Waals surface area contributed by atoms with E-state index in [1.165, 1.54) is 18.3 Å². The van der Waals surface area contributed by atoms with Gasteiger partial charge in [0.25, 0.3) is 0 Å². The molecule has 2 aromatic rings. The van der Waals surface area contributed by atoms with Crippen molar-refractivity contribution in [3.05, 3.63) is 59.3 Å². The van der Waals surface area contributed by atoms with E-state index in [4.69, 9.17) is 4.74 Å². The summed E-state index contributed by atoms with van der Waals surface area (Å²) >= 11 is 0. The van der Waals surface area contributed by atoms with Crippen LogP contribution in [-0.2, 0) is 17.8 Å². The Morgan fingerprint density at radius 3 is 2.96 bits per heavy atom. The number of amides is 1. The second-order valence-corrected chi connectivity index (χ2v) is 5.92. The van der Waals surface area contributed by atoms with Gasteiger partial charge in [-0.25, -0.2) is 4.98 Å². The number of nitrogens with zero attached hydrogens (tertiary/aromatic N) is 1. The number of rotatable bonds is 6. The number of alkyl halides is 3. The van der Waals surface area contributed by atoms with Crippen molar-refractivity contribution in [1.82, 2.24) is 10.3 Å². The molecule has 0 spiro atoms. The molecule has 1 N–H and O–H groups in total. The van der Waals surface area contributed by atoms with E-state index in [2.05, 4.69) is 15.0 Å². The Hall–Kier alpha value is -3.03. The Bertz CT molecular complexity index is 850. The molecule has 8 heteroatoms. The summed E-state index contributed by atoms with van der Waals surface area (Å²) in [5, 5.41) is 2.67. The van der Waals surface area contributed by atoms with Crippen LogP contribution in [0.3, 0.4) is 0 Å². The number of pyridine rings is 1. The number of aromatic nitrogens is 1. The van der Waals surface area contributed by atoms with Crippen molar-refractivity contribution in [2.24, 2.45) is 0 Å². The lowest BCUT2D eigenvalue weighted by Crippen LogP contribution is -2.21. The summed E-state index contributed by atoms with van der Waals surface area (Å²) < 4.78 is 46.5. The van der Waals surface area contributed by atoms with Gasteiger partial charge in [0, 0.05) is 31.3 Å². The number of halogens is 3. The van der Waals surface area contributed by atoms with Crippen LogP contribution in [0.2, 0.25) is 0 Å². The first-order valence-electron chi connectivity index (χ1n) is 8.25. The summed E-state index contributed by atoms with van der Waals surface area (Å²) in [5.74, 6) is 0.411. The van der Waals surface area contributed by atoms with E-state index >= 15 is 0 Å². The van der Waals surface area contributed by atoms with Gasteiger partial charge in [-0.3, -0.25) is 4.79 Å². The van der Waals surface area contributed by atoms with Crippen LogP contribution in [0.4, 0.5) is 13.2 Å². The molecule has 27 heavy (non-hydrogen) atoms. The summed E-state index contributed by atoms with van der Waals surface area (Å²) in [4.78, 5) is 15.7. The van der Waals surface area contributed by atoms with Gasteiger partial charge in [-0.1, -0.05) is 6.07 Å². The van der Waals surface area contributed by atoms with Crippen LogP contribution in [0.15, 0.2) is 42.6 Å². The first-order chi connectivity index (χ1) is 12.9. The normalized spacial score (nSPS) is 13.3. The van der Waals surface area contributed by atoms with Crippen LogP contribution in [0.25, 0.3) is 6.08 Å². The molecule has 0 bridgehead atoms. The molecule has 1 aliphatic heterocycles. The van der Waals surface area contributed by atoms with Gasteiger partial charge in [0.2, 0.25) is 11.8 Å². The molecular formula is C19H17F3N2O3. The van der Waals surface area contributed by atoms with E-state index in [1.807, 2.05) is 18.2 Å². The van der Waals surface area contributed by atoms with E-state index in [0.717, 1.165) is 23.3 Å². The Labute approximate surface area is 153 Å². The Balaban J connectivity index is 1.51. The minimum atomic E-state index is -4.43. The zero-order chi connectivity index (χ0) is 19.3. The van der Waals surface area contributed by atoms with E-state index < -0.39 is 12.8 Å². The molecule has 5 nitrogen and oxygen atoms in total. The van der Waals surface area contributed by atoms with Crippen molar-refractivity contribution in [2.75, 3.05) is 13.2 Å². The molecule has 1 aromatic carbocycles. The fraction of sp³-hybridized carbons (Fsp3) is 0.263. The lowest BCUT2D eigenvalue weighted by Gasteiger charge is -2.09. The summed E-state index contributed by atoms with van der Waals surface area (Å²) in [6.07, 6.45) is 0.845. The van der Waals surface area contributed by atoms with E-state index in [1.54, 1.807) is 12.1 Å². The third-order valence-electron chi connectivity index (χ3n) is 3.79. The zero-order valence-corrected chi connectivity index (χ0v) is 14.3. The van der Waals surface area contributed by atoms with Gasteiger partial charge < -0.3 is 14.8 Å². The standard InChI is InChI=1S/C19H17F3N2O3/c20-19(21,22)12-27-18-10-14(5-7-23-18)11-24-17(25)4-2-13-1-3-16-15(9-13)6-8-26-16/h1-5,7,9-10H,6,8,11-12H2,(H,24,25)/b4-2+. The molecule has 0 saturated heterocycles. The molecule has 0 aliphatic carbocycles. The smallest absolute Gasteiger partial charge is 0.422 e. The molecule has 1 aliphatic rings. The second kappa shape index (κ2) is 8.11. The summed E-state index contributed by atoms with van der Waals surface area (Å²) in [6, 6.07) is 8.65. The number of nitrogens with one attached hydrogen (secondary N) is 1. The van der Waals surface area contributed by atoms with Crippen LogP contribution in [0.5, 0.6) is 11.6 Å². The van der Waals surface area contributed by atoms with Gasteiger partial charge in [-0.15, -0.1) is 0 Å². The molecule has 0 unspecified atom stereocenters. The minimum Gasteiger partial charge on any atom is -0.493 e. The number of benzene rings is 1. The zero-order valence-electron chi connectivity index (χ0n) is 14.3. The molecule has 3 rings (SSSR count). The highest BCUT2D eigenvalue weighted by atomic mass is 19.4. The Morgan fingerprint density at radius 1 is 1.30 bits per heavy atom. The first kappa shape index (κ1) is 18.8. The van der Waals surface area contributed by atoms with Crippen molar-refractivity contribution in [3.63, 3.8) is 0 Å². The van der Waals surface area contributed by atoms with Crippen molar-refractivity contribution in [3.8, 4) is 11.6 Å². The van der Waals surface area contributed by atoms with E-state index in [0.29, 0.717) is 12.2 Å². The Morgan fingerprint density at radius 2 is 2.15 bits per heavy atom. The lowest BCUT2D eigenvalue weighted by molar-refractivity contribution is -0.154. The highest BCUT2D eigenvalue weighted by Crippen LogP contribution is 2.26. The number of carbonyl (C=O) groups is 1. The maximum absolute atomic E-state index is 12.2. The van der Waals surface area contributed by atoms with Gasteiger partial charge >= 0.3 is 6.18 Å². The highest BCUT2D eigenvalue weighted by molar-refractivity contribution is 5.91. The van der Waals surface area contributed by atoms with E-state index in [-0.39, 0.29) is 18.3 Å². The van der Waals surface area contributed by atoms with Gasteiger partial charge in [0.1, 0.15) is 5.75 Å². The molecule has 142 valence electrons. The summed E-state index contributed by atoms with van der Waals surface area (Å²) in [7, 11) is 0. The van der Waals surface area contributed by atoms with Crippen LogP contribution in [0, 0.1) is 0 Å². The van der Waals surface area contributed by atoms with Crippen molar-refractivity contribution in [2.45, 2.75) is 19.1 Å². The third-order valence-corrected chi connectivity index (χ3v) is 3.79. The SMILES string of the molecule is O=C(/C=C/c1ccc2c(c1)CCO2)NCc1ccnc(OCC(F)(F)F)c1. The van der Waals surface area contributed by atoms with E-state index in [9.17, 15) is 18.0 Å². The predicted molar refractivity (Wildman–Crippen MR) is 92.3 cm³/mol. The molecular weight excluding hydrogens is 361 g/mol. The maximum Gasteiger partial charge on any atom is 0.422 e. The quantitative estimate of drug-likeness (QED) is 0.784. The van der Waals surface area contributed by atoms with Gasteiger partial charge in [0.15, 0.2) is 6.61 Å². The molecule has 0 atom stereocenters. The van der Waals surface area contributed by atoms with Crippen LogP contribution in [-0.4, -0.2) is 30.3 Å². The Kier molecular flexibility index (Phi) is 5.63. The van der Waals surface area contributed by atoms with Crippen LogP contribution < -0.4 is 14.8 Å². The topological polar surface area (TPSA) is 60.5 Å². The van der Waals surface area contributed by atoms with Crippen molar-refractivity contribution in [1.29, 1.82) is 0 Å². The fourth-order valence-electron chi connectivity index (χ4n) is 2.53. The molecule has 0 fully saturated rings. The fourth-order valence-corrected chi connectivity index (χ4v) is 2.53. The number of hydrogen-bond donors (Lipinski definition) is 1. The largest absolute Gasteiger partial charge is 0.493 e. The number of hydrogen-bond acceptors (Lipinski definition) is 4. The second-order valence-electron chi connectivity index (χ2n) is 5.92. The minimum absolute atomic E-state index is 0.144. The van der Waals surface area contributed by atoms with Crippen LogP contribution >= 0.6 is 0 Å². The van der Waals surface area contributed by atoms with Gasteiger partial charge in [-0.05, 0) is 41.0 Å². The highest BCUT2D eigenvalue weighted by Gasteiger charge is 2.28. The number of fused-ring (bicyclic) bond motifs is 1. The molecule has 2 heterocycles. The number of ether oxygens (including phenoxy) is 2. The van der Waals surface area contributed by atoms with Crippen molar-refractivity contribution < 1.29 is 27.4 Å². The average molecular weight is 378 g/mol. The maximum atomic E-state index is 12.2.